The minimum atomic E-state index is -3.16. The lowest BCUT2D eigenvalue weighted by Gasteiger charge is -2.10. The Labute approximate surface area is 106 Å². The number of carbonyl (C=O) groups is 1. The third-order valence-corrected chi connectivity index (χ3v) is 3.07. The number of carbonyl (C=O) groups excluding carboxylic acids is 1. The summed E-state index contributed by atoms with van der Waals surface area (Å²) < 4.78 is 31.6. The molecule has 1 aromatic rings. The second-order valence-electron chi connectivity index (χ2n) is 3.69. The molecule has 1 aromatic carbocycles. The van der Waals surface area contributed by atoms with Crippen molar-refractivity contribution >= 4 is 21.5 Å². The molecule has 0 atom stereocenters. The van der Waals surface area contributed by atoms with E-state index in [2.05, 4.69) is 0 Å². The van der Waals surface area contributed by atoms with Crippen molar-refractivity contribution in [2.24, 2.45) is 0 Å². The van der Waals surface area contributed by atoms with Crippen LogP contribution >= 0.6 is 0 Å². The number of methoxy groups -OCH3 is 1. The van der Waals surface area contributed by atoms with Crippen LogP contribution in [0, 0.1) is 0 Å². The number of sulfone groups is 1. The molecule has 0 aliphatic rings. The minimum absolute atomic E-state index is 0.172. The van der Waals surface area contributed by atoms with Gasteiger partial charge in [0, 0.05) is 6.26 Å². The average molecular weight is 273 g/mol. The van der Waals surface area contributed by atoms with Gasteiger partial charge in [0.15, 0.2) is 15.6 Å². The number of nitrogen functional groups attached to an aromatic ring is 1. The van der Waals surface area contributed by atoms with Gasteiger partial charge in [-0.2, -0.15) is 0 Å². The lowest BCUT2D eigenvalue weighted by molar-refractivity contribution is 0.0526. The summed E-state index contributed by atoms with van der Waals surface area (Å²) >= 11 is 0. The van der Waals surface area contributed by atoms with Gasteiger partial charge in [-0.25, -0.2) is 13.2 Å². The first-order valence-corrected chi connectivity index (χ1v) is 7.18. The monoisotopic (exact) mass is 273 g/mol. The van der Waals surface area contributed by atoms with E-state index in [-0.39, 0.29) is 23.7 Å². The SMILES string of the molecule is COc1c(N)cccc1C(=O)OCCS(C)(=O)=O. The zero-order valence-electron chi connectivity index (χ0n) is 10.2. The van der Waals surface area contributed by atoms with Crippen molar-refractivity contribution < 1.29 is 22.7 Å². The summed E-state index contributed by atoms with van der Waals surface area (Å²) in [5.41, 5.74) is 6.13. The van der Waals surface area contributed by atoms with E-state index < -0.39 is 15.8 Å². The van der Waals surface area contributed by atoms with E-state index in [4.69, 9.17) is 15.2 Å². The predicted molar refractivity (Wildman–Crippen MR) is 67.4 cm³/mol. The van der Waals surface area contributed by atoms with Gasteiger partial charge in [0.2, 0.25) is 0 Å². The van der Waals surface area contributed by atoms with Gasteiger partial charge in [-0.05, 0) is 12.1 Å². The summed E-state index contributed by atoms with van der Waals surface area (Å²) in [6.07, 6.45) is 1.07. The highest BCUT2D eigenvalue weighted by atomic mass is 32.2. The van der Waals surface area contributed by atoms with Gasteiger partial charge in [0.1, 0.15) is 12.2 Å². The number of nitrogens with two attached hydrogens (primary N) is 1. The lowest BCUT2D eigenvalue weighted by Crippen LogP contribution is -2.15. The number of benzene rings is 1. The standard InChI is InChI=1S/C11H15NO5S/c1-16-10-8(4-3-5-9(10)12)11(13)17-6-7-18(2,14)15/h3-5H,6-7,12H2,1-2H3. The Bertz CT molecular complexity index is 538. The van der Waals surface area contributed by atoms with Gasteiger partial charge < -0.3 is 15.2 Å². The fourth-order valence-electron chi connectivity index (χ4n) is 1.31. The zero-order valence-corrected chi connectivity index (χ0v) is 11.0. The molecule has 0 aliphatic heterocycles. The van der Waals surface area contributed by atoms with Crippen LogP contribution in [-0.4, -0.2) is 40.1 Å². The molecule has 0 fully saturated rings. The highest BCUT2D eigenvalue weighted by Crippen LogP contribution is 2.26. The topological polar surface area (TPSA) is 95.7 Å². The van der Waals surface area contributed by atoms with Crippen LogP contribution in [0.25, 0.3) is 0 Å². The summed E-state index contributed by atoms with van der Waals surface area (Å²) in [4.78, 5) is 11.7. The van der Waals surface area contributed by atoms with Crippen molar-refractivity contribution in [1.29, 1.82) is 0 Å². The molecule has 0 spiro atoms. The number of hydrogen-bond acceptors (Lipinski definition) is 6. The first-order chi connectivity index (χ1) is 8.35. The Morgan fingerprint density at radius 1 is 1.39 bits per heavy atom. The maximum Gasteiger partial charge on any atom is 0.342 e. The van der Waals surface area contributed by atoms with Crippen LogP contribution in [0.1, 0.15) is 10.4 Å². The van der Waals surface area contributed by atoms with Crippen LogP contribution in [0.2, 0.25) is 0 Å². The average Bonchev–Trinajstić information content (AvgIpc) is 2.26. The van der Waals surface area contributed by atoms with E-state index in [0.717, 1.165) is 6.26 Å². The van der Waals surface area contributed by atoms with Crippen molar-refractivity contribution in [3.63, 3.8) is 0 Å². The van der Waals surface area contributed by atoms with Crippen molar-refractivity contribution in [3.05, 3.63) is 23.8 Å². The molecule has 6 nitrogen and oxygen atoms in total. The van der Waals surface area contributed by atoms with Crippen LogP contribution < -0.4 is 10.5 Å². The summed E-state index contributed by atoms with van der Waals surface area (Å²) in [5.74, 6) is -0.659. The molecule has 0 saturated heterocycles. The Balaban J connectivity index is 2.76. The zero-order chi connectivity index (χ0) is 13.8. The first-order valence-electron chi connectivity index (χ1n) is 5.12. The van der Waals surface area contributed by atoms with E-state index in [1.165, 1.54) is 13.2 Å². The molecule has 0 unspecified atom stereocenters. The van der Waals surface area contributed by atoms with E-state index in [9.17, 15) is 13.2 Å². The normalized spacial score (nSPS) is 11.0. The fraction of sp³-hybridized carbons (Fsp3) is 0.364. The molecule has 0 saturated carbocycles. The Morgan fingerprint density at radius 2 is 2.06 bits per heavy atom. The molecule has 7 heteroatoms. The van der Waals surface area contributed by atoms with Crippen LogP contribution in [0.15, 0.2) is 18.2 Å². The van der Waals surface area contributed by atoms with Crippen LogP contribution in [0.5, 0.6) is 5.75 Å². The number of ether oxygens (including phenoxy) is 2. The summed E-state index contributed by atoms with van der Waals surface area (Å²) in [6, 6.07) is 4.68. The summed E-state index contributed by atoms with van der Waals surface area (Å²) in [6.45, 7) is -0.199. The first kappa shape index (κ1) is 14.3. The van der Waals surface area contributed by atoms with E-state index >= 15 is 0 Å². The molecule has 18 heavy (non-hydrogen) atoms. The molecular formula is C11H15NO5S. The molecule has 0 bridgehead atoms. The molecule has 0 radical (unpaired) electrons. The quantitative estimate of drug-likeness (QED) is 0.619. The predicted octanol–water partition coefficient (Wildman–Crippen LogP) is 0.479. The van der Waals surface area contributed by atoms with Gasteiger partial charge in [-0.1, -0.05) is 6.07 Å². The molecule has 1 rings (SSSR count). The van der Waals surface area contributed by atoms with Crippen molar-refractivity contribution in [2.75, 3.05) is 31.5 Å². The summed E-state index contributed by atoms with van der Waals surface area (Å²) in [5, 5.41) is 0. The minimum Gasteiger partial charge on any atom is -0.494 e. The summed E-state index contributed by atoms with van der Waals surface area (Å²) in [7, 11) is -1.77. The van der Waals surface area contributed by atoms with E-state index in [1.807, 2.05) is 0 Å². The molecule has 0 amide bonds. The number of anilines is 1. The Kier molecular flexibility index (Phi) is 4.55. The van der Waals surface area contributed by atoms with Crippen molar-refractivity contribution in [1.82, 2.24) is 0 Å². The van der Waals surface area contributed by atoms with E-state index in [1.54, 1.807) is 12.1 Å². The number of para-hydroxylation sites is 1. The fourth-order valence-corrected chi connectivity index (χ4v) is 1.69. The second kappa shape index (κ2) is 5.72. The van der Waals surface area contributed by atoms with Crippen LogP contribution in [0.3, 0.4) is 0 Å². The number of rotatable bonds is 5. The third-order valence-electron chi connectivity index (χ3n) is 2.16. The van der Waals surface area contributed by atoms with Gasteiger partial charge in [-0.15, -0.1) is 0 Å². The Morgan fingerprint density at radius 3 is 2.61 bits per heavy atom. The molecule has 0 aromatic heterocycles. The van der Waals surface area contributed by atoms with Gasteiger partial charge in [0.05, 0.1) is 18.6 Å². The van der Waals surface area contributed by atoms with Crippen molar-refractivity contribution in [3.8, 4) is 5.75 Å². The highest BCUT2D eigenvalue weighted by molar-refractivity contribution is 7.90. The molecular weight excluding hydrogens is 258 g/mol. The van der Waals surface area contributed by atoms with E-state index in [0.29, 0.717) is 5.69 Å². The van der Waals surface area contributed by atoms with Crippen LogP contribution in [-0.2, 0) is 14.6 Å². The van der Waals surface area contributed by atoms with Crippen molar-refractivity contribution in [2.45, 2.75) is 0 Å². The Hall–Kier alpha value is -1.76. The smallest absolute Gasteiger partial charge is 0.342 e. The highest BCUT2D eigenvalue weighted by Gasteiger charge is 2.16. The number of hydrogen-bond donors (Lipinski definition) is 1. The molecule has 0 heterocycles. The molecule has 100 valence electrons. The third kappa shape index (κ3) is 3.92. The van der Waals surface area contributed by atoms with Gasteiger partial charge in [-0.3, -0.25) is 0 Å². The molecule has 0 aliphatic carbocycles. The van der Waals surface area contributed by atoms with Crippen LogP contribution in [0.4, 0.5) is 5.69 Å². The van der Waals surface area contributed by atoms with Gasteiger partial charge >= 0.3 is 5.97 Å². The second-order valence-corrected chi connectivity index (χ2v) is 5.95. The maximum absolute atomic E-state index is 11.7. The van der Waals surface area contributed by atoms with Gasteiger partial charge in [0.25, 0.3) is 0 Å². The number of esters is 1. The maximum atomic E-state index is 11.7. The largest absolute Gasteiger partial charge is 0.494 e. The lowest BCUT2D eigenvalue weighted by atomic mass is 10.2. The molecule has 2 N–H and O–H groups in total.